The minimum Gasteiger partial charge on any atom is -0.497 e. The summed E-state index contributed by atoms with van der Waals surface area (Å²) in [5, 5.41) is 18.4. The number of aromatic nitrogens is 2. The summed E-state index contributed by atoms with van der Waals surface area (Å²) in [4.78, 5) is 20.5. The van der Waals surface area contributed by atoms with E-state index in [1.807, 2.05) is 91.9 Å². The lowest BCUT2D eigenvalue weighted by Crippen LogP contribution is -2.37. The number of ether oxygens (including phenoxy) is 1. The minimum absolute atomic E-state index is 0.165. The molecule has 1 aliphatic rings. The fourth-order valence-corrected chi connectivity index (χ4v) is 4.41. The van der Waals surface area contributed by atoms with E-state index in [0.717, 1.165) is 40.0 Å². The van der Waals surface area contributed by atoms with Crippen LogP contribution in [0, 0.1) is 0 Å². The number of methoxy groups -OCH3 is 1. The van der Waals surface area contributed by atoms with Crippen molar-refractivity contribution in [2.75, 3.05) is 12.4 Å². The van der Waals surface area contributed by atoms with Crippen molar-refractivity contribution >= 4 is 23.4 Å². The predicted molar refractivity (Wildman–Crippen MR) is 150 cm³/mol. The number of allylic oxidation sites excluding steroid dienone is 1. The molecule has 1 aliphatic heterocycles. The zero-order valence-electron chi connectivity index (χ0n) is 21.5. The molecule has 2 heterocycles. The van der Waals surface area contributed by atoms with E-state index in [1.165, 1.54) is 17.4 Å². The maximum Gasteiger partial charge on any atom is 0.255 e. The highest BCUT2D eigenvalue weighted by Gasteiger charge is 2.34. The summed E-state index contributed by atoms with van der Waals surface area (Å²) < 4.78 is 5.31. The minimum atomic E-state index is -0.297. The third kappa shape index (κ3) is 5.43. The van der Waals surface area contributed by atoms with Gasteiger partial charge in [0.15, 0.2) is 5.82 Å². The molecule has 39 heavy (non-hydrogen) atoms. The molecular formula is C30H28N6O3. The zero-order chi connectivity index (χ0) is 27.2. The molecule has 1 atom stereocenters. The number of anilines is 1. The van der Waals surface area contributed by atoms with E-state index in [-0.39, 0.29) is 17.7 Å². The summed E-state index contributed by atoms with van der Waals surface area (Å²) in [6.45, 7) is 1.93. The second kappa shape index (κ2) is 11.5. The summed E-state index contributed by atoms with van der Waals surface area (Å²) in [6, 6.07) is 27.1. The molecule has 9 heteroatoms. The Morgan fingerprint density at radius 2 is 1.62 bits per heavy atom. The van der Waals surface area contributed by atoms with Crippen LogP contribution in [0.25, 0.3) is 11.1 Å². The smallest absolute Gasteiger partial charge is 0.255 e. The quantitative estimate of drug-likeness (QED) is 0.236. The lowest BCUT2D eigenvalue weighted by Gasteiger charge is -2.22. The zero-order valence-corrected chi connectivity index (χ0v) is 21.5. The summed E-state index contributed by atoms with van der Waals surface area (Å²) in [7, 11) is 1.62. The Balaban J connectivity index is 1.66. The molecule has 9 nitrogen and oxygen atoms in total. The number of hydrogen-bond acceptors (Lipinski definition) is 8. The van der Waals surface area contributed by atoms with E-state index in [2.05, 4.69) is 26.0 Å². The van der Waals surface area contributed by atoms with Gasteiger partial charge >= 0.3 is 0 Å². The van der Waals surface area contributed by atoms with Crippen molar-refractivity contribution < 1.29 is 14.6 Å². The molecule has 0 aliphatic carbocycles. The number of rotatable bonds is 9. The molecule has 1 unspecified atom stereocenters. The number of benzene rings is 3. The number of amides is 1. The Morgan fingerprint density at radius 1 is 0.949 bits per heavy atom. The molecule has 0 spiro atoms. The summed E-state index contributed by atoms with van der Waals surface area (Å²) in [5.74, 6) is 1.67. The van der Waals surface area contributed by atoms with E-state index in [1.54, 1.807) is 7.11 Å². The third-order valence-corrected chi connectivity index (χ3v) is 6.44. The van der Waals surface area contributed by atoms with Crippen LogP contribution in [0.2, 0.25) is 0 Å². The van der Waals surface area contributed by atoms with Crippen LogP contribution in [-0.4, -0.2) is 33.6 Å². The molecule has 5 rings (SSSR count). The van der Waals surface area contributed by atoms with Gasteiger partial charge < -0.3 is 20.5 Å². The highest BCUT2D eigenvalue weighted by Crippen LogP contribution is 2.38. The van der Waals surface area contributed by atoms with Gasteiger partial charge in [0.2, 0.25) is 6.41 Å². The van der Waals surface area contributed by atoms with Crippen molar-refractivity contribution in [3.05, 3.63) is 126 Å². The lowest BCUT2D eigenvalue weighted by molar-refractivity contribution is -0.118. The normalized spacial score (nSPS) is 15.5. The number of nitrogens with zero attached hydrogens (tertiary/aromatic N) is 3. The molecular weight excluding hydrogens is 492 g/mol. The predicted octanol–water partition coefficient (Wildman–Crippen LogP) is 4.67. The summed E-state index contributed by atoms with van der Waals surface area (Å²) >= 11 is 0. The number of hydrogen-bond donors (Lipinski definition) is 4. The van der Waals surface area contributed by atoms with Crippen LogP contribution in [0.15, 0.2) is 109 Å². The first-order valence-electron chi connectivity index (χ1n) is 12.3. The Labute approximate surface area is 226 Å². The fourth-order valence-electron chi connectivity index (χ4n) is 4.41. The topological polar surface area (TPSA) is 112 Å². The Kier molecular flexibility index (Phi) is 7.51. The fraction of sp³-hybridized carbons (Fsp3) is 0.100. The maximum absolute atomic E-state index is 12.4. The van der Waals surface area contributed by atoms with E-state index in [9.17, 15) is 9.90 Å². The van der Waals surface area contributed by atoms with Gasteiger partial charge in [-0.05, 0) is 41.3 Å². The summed E-state index contributed by atoms with van der Waals surface area (Å²) in [6.07, 6.45) is 3.62. The Hall–Kier alpha value is -5.15. The van der Waals surface area contributed by atoms with Crippen molar-refractivity contribution in [1.29, 1.82) is 0 Å². The van der Waals surface area contributed by atoms with Crippen molar-refractivity contribution in [2.45, 2.75) is 13.0 Å². The molecule has 4 aromatic rings. The second-order valence-electron chi connectivity index (χ2n) is 8.78. The van der Waals surface area contributed by atoms with Crippen LogP contribution in [-0.2, 0) is 4.79 Å². The van der Waals surface area contributed by atoms with Crippen LogP contribution >= 0.6 is 0 Å². The average Bonchev–Trinajstić information content (AvgIpc) is 3.36. The summed E-state index contributed by atoms with van der Waals surface area (Å²) in [5.41, 5.74) is 7.82. The van der Waals surface area contributed by atoms with Crippen LogP contribution in [0.3, 0.4) is 0 Å². The average molecular weight is 521 g/mol. The number of carbonyl (C=O) groups excluding carboxylic acids is 1. The van der Waals surface area contributed by atoms with Gasteiger partial charge in [0.1, 0.15) is 17.4 Å². The highest BCUT2D eigenvalue weighted by molar-refractivity contribution is 5.79. The molecule has 3 aromatic carbocycles. The van der Waals surface area contributed by atoms with E-state index in [4.69, 9.17) is 4.74 Å². The first kappa shape index (κ1) is 25.5. The van der Waals surface area contributed by atoms with E-state index >= 15 is 0 Å². The third-order valence-electron chi connectivity index (χ3n) is 6.44. The second-order valence-corrected chi connectivity index (χ2v) is 8.78. The van der Waals surface area contributed by atoms with Crippen molar-refractivity contribution in [3.63, 3.8) is 0 Å². The molecule has 1 aromatic heterocycles. The number of nitrogens with one attached hydrogen (secondary N) is 3. The lowest BCUT2D eigenvalue weighted by atomic mass is 9.94. The SMILES string of the molecule is COc1ccc(/C(C)=C(/NC2=C(c3ccccc3)C(c3ccccc3)NN2C=O)Nc2nccnc2O)cc1. The van der Waals surface area contributed by atoms with Gasteiger partial charge in [-0.15, -0.1) is 0 Å². The number of carbonyl (C=O) groups is 1. The Morgan fingerprint density at radius 3 is 2.26 bits per heavy atom. The van der Waals surface area contributed by atoms with Crippen molar-refractivity contribution in [2.24, 2.45) is 0 Å². The maximum atomic E-state index is 12.4. The van der Waals surface area contributed by atoms with Gasteiger partial charge in [0, 0.05) is 18.0 Å². The van der Waals surface area contributed by atoms with Crippen LogP contribution in [0.1, 0.15) is 29.7 Å². The van der Waals surface area contributed by atoms with Gasteiger partial charge in [0.25, 0.3) is 5.88 Å². The first-order valence-corrected chi connectivity index (χ1v) is 12.3. The number of aromatic hydroxyl groups is 1. The molecule has 0 bridgehead atoms. The molecule has 0 saturated carbocycles. The first-order chi connectivity index (χ1) is 19.1. The monoisotopic (exact) mass is 520 g/mol. The molecule has 1 amide bonds. The van der Waals surface area contributed by atoms with Gasteiger partial charge in [-0.25, -0.2) is 20.4 Å². The molecule has 4 N–H and O–H groups in total. The van der Waals surface area contributed by atoms with Crippen molar-refractivity contribution in [1.82, 2.24) is 25.7 Å². The van der Waals surface area contributed by atoms with Crippen LogP contribution < -0.4 is 20.8 Å². The molecule has 0 fully saturated rings. The van der Waals surface area contributed by atoms with Gasteiger partial charge in [-0.2, -0.15) is 0 Å². The van der Waals surface area contributed by atoms with Gasteiger partial charge in [0.05, 0.1) is 13.2 Å². The van der Waals surface area contributed by atoms with Crippen LogP contribution in [0.5, 0.6) is 11.6 Å². The highest BCUT2D eigenvalue weighted by atomic mass is 16.5. The van der Waals surface area contributed by atoms with E-state index < -0.39 is 0 Å². The molecule has 196 valence electrons. The molecule has 0 saturated heterocycles. The standard InChI is InChI=1S/C30H28N6O3/c1-20(21-13-15-24(39-2)16-14-21)27(33-28-30(38)32-18-17-31-28)34-29-25(22-9-5-3-6-10-22)26(35-36(29)19-37)23-11-7-4-8-12-23/h3-19,26,34-35H,1-2H3,(H,31,33)(H,32,38)/b27-20+. The molecule has 0 radical (unpaired) electrons. The Bertz CT molecular complexity index is 1500. The van der Waals surface area contributed by atoms with Crippen molar-refractivity contribution in [3.8, 4) is 11.6 Å². The van der Waals surface area contributed by atoms with Gasteiger partial charge in [-0.1, -0.05) is 72.8 Å². The number of hydrazine groups is 1. The largest absolute Gasteiger partial charge is 0.497 e. The van der Waals surface area contributed by atoms with Gasteiger partial charge in [-0.3, -0.25) is 4.79 Å². The van der Waals surface area contributed by atoms with E-state index in [0.29, 0.717) is 11.6 Å². The van der Waals surface area contributed by atoms with Crippen LogP contribution in [0.4, 0.5) is 5.82 Å².